The van der Waals surface area contributed by atoms with E-state index in [-0.39, 0.29) is 18.1 Å². The first-order valence-corrected chi connectivity index (χ1v) is 22.6. The fraction of sp³-hybridized carbons (Fsp3) is 0.480. The average molecular weight is 923 g/mol. The summed E-state index contributed by atoms with van der Waals surface area (Å²) in [5.41, 5.74) is 2.12. The number of alkyl halides is 6. The van der Waals surface area contributed by atoms with Crippen LogP contribution in [-0.2, 0) is 37.6 Å². The highest BCUT2D eigenvalue weighted by Gasteiger charge is 2.42. The lowest BCUT2D eigenvalue weighted by molar-refractivity contribution is -0.138. The number of amidine groups is 1. The number of aryl methyl sites for hydroxylation is 2. The third-order valence-corrected chi connectivity index (χ3v) is 13.0. The molecule has 4 N–H and O–H groups in total. The van der Waals surface area contributed by atoms with E-state index < -0.39 is 46.8 Å². The second-order valence-electron chi connectivity index (χ2n) is 17.9. The summed E-state index contributed by atoms with van der Waals surface area (Å²) in [7, 11) is 0. The van der Waals surface area contributed by atoms with Crippen molar-refractivity contribution in [1.82, 2.24) is 26.2 Å². The maximum Gasteiger partial charge on any atom is 0.416 e. The largest absolute Gasteiger partial charge is 0.463 e. The van der Waals surface area contributed by atoms with Crippen molar-refractivity contribution < 1.29 is 45.3 Å². The Balaban J connectivity index is 0.000000196. The molecule has 0 radical (unpaired) electrons. The standard InChI is InChI=1S/2C25H30F3N3O2/c1-17-12-19(14-21(13-17)25(26,27)28)18(2)33-16-24(20-6-4-3-5-7-20)9-8-22(15-30-24)31-23-29-10-11-32-23;1-17-12-19(14-21(13-17)25(26,27)28)18(2)33-16-24(20-6-4-3-5-7-20)9-8-22(15-30-24)31-11-10-29-23(31)32/h3-7,12-14,18,22,30H,8-11,15-16H2,1-2H3,(H,29,31);3-7,12-14,18,22,30H,8-11,15-16H2,1-2H3,(H,29,32)/t2*18-,22+,24-/m11/s1. The molecule has 6 atom stereocenters. The summed E-state index contributed by atoms with van der Waals surface area (Å²) >= 11 is 0. The van der Waals surface area contributed by atoms with Gasteiger partial charge < -0.3 is 40.4 Å². The van der Waals surface area contributed by atoms with Gasteiger partial charge in [0, 0.05) is 38.3 Å². The highest BCUT2D eigenvalue weighted by molar-refractivity contribution is 5.76. The third kappa shape index (κ3) is 12.0. The highest BCUT2D eigenvalue weighted by atomic mass is 19.4. The molecular weight excluding hydrogens is 863 g/mol. The molecule has 4 aliphatic heterocycles. The van der Waals surface area contributed by atoms with E-state index in [1.54, 1.807) is 39.8 Å². The van der Waals surface area contributed by atoms with E-state index in [9.17, 15) is 31.1 Å². The lowest BCUT2D eigenvalue weighted by Gasteiger charge is -2.44. The first-order chi connectivity index (χ1) is 31.4. The van der Waals surface area contributed by atoms with Crippen molar-refractivity contribution in [3.05, 3.63) is 142 Å². The summed E-state index contributed by atoms with van der Waals surface area (Å²) in [5, 5.41) is 13.5. The number of hydrogen-bond donors (Lipinski definition) is 4. The Kier molecular flexibility index (Phi) is 15.4. The van der Waals surface area contributed by atoms with Gasteiger partial charge in [-0.05, 0) is 99.9 Å². The van der Waals surface area contributed by atoms with Gasteiger partial charge in [0.25, 0.3) is 6.02 Å². The van der Waals surface area contributed by atoms with Gasteiger partial charge in [0.15, 0.2) is 0 Å². The predicted molar refractivity (Wildman–Crippen MR) is 241 cm³/mol. The van der Waals surface area contributed by atoms with Crippen LogP contribution in [0.5, 0.6) is 0 Å². The molecule has 3 fully saturated rings. The number of carbonyl (C=O) groups is 1. The fourth-order valence-corrected chi connectivity index (χ4v) is 9.24. The number of halogens is 6. The van der Waals surface area contributed by atoms with Crippen LogP contribution >= 0.6 is 0 Å². The zero-order valence-electron chi connectivity index (χ0n) is 37.8. The monoisotopic (exact) mass is 922 g/mol. The quantitative estimate of drug-likeness (QED) is 0.105. The molecule has 0 aromatic heterocycles. The maximum atomic E-state index is 13.3. The molecule has 0 unspecified atom stereocenters. The number of nitrogens with one attached hydrogen (secondary N) is 4. The van der Waals surface area contributed by atoms with Crippen molar-refractivity contribution in [3.8, 4) is 0 Å². The summed E-state index contributed by atoms with van der Waals surface area (Å²) < 4.78 is 97.6. The third-order valence-electron chi connectivity index (χ3n) is 13.0. The van der Waals surface area contributed by atoms with Crippen molar-refractivity contribution in [2.45, 2.75) is 101 Å². The highest BCUT2D eigenvalue weighted by Crippen LogP contribution is 2.38. The molecule has 4 aromatic rings. The van der Waals surface area contributed by atoms with Crippen LogP contribution in [0.15, 0.2) is 102 Å². The molecule has 8 rings (SSSR count). The molecule has 16 heteroatoms. The summed E-state index contributed by atoms with van der Waals surface area (Å²) in [6.07, 6.45) is -6.52. The van der Waals surface area contributed by atoms with E-state index in [4.69, 9.17) is 14.2 Å². The van der Waals surface area contributed by atoms with E-state index >= 15 is 0 Å². The minimum absolute atomic E-state index is 0.0289. The maximum absolute atomic E-state index is 13.3. The van der Waals surface area contributed by atoms with Gasteiger partial charge in [-0.3, -0.25) is 0 Å². The zero-order chi connectivity index (χ0) is 47.1. The number of amides is 2. The first kappa shape index (κ1) is 48.8. The summed E-state index contributed by atoms with van der Waals surface area (Å²) in [6, 6.07) is 29.1. The Labute approximate surface area is 382 Å². The number of urea groups is 1. The van der Waals surface area contributed by atoms with E-state index in [0.717, 1.165) is 48.9 Å². The molecule has 3 saturated heterocycles. The number of ether oxygens (including phenoxy) is 3. The molecule has 356 valence electrons. The number of piperidine rings is 2. The van der Waals surface area contributed by atoms with E-state index in [1.807, 2.05) is 53.4 Å². The summed E-state index contributed by atoms with van der Waals surface area (Å²) in [6.45, 7) is 11.5. The van der Waals surface area contributed by atoms with Crippen LogP contribution < -0.4 is 21.3 Å². The molecule has 4 aromatic carbocycles. The topological polar surface area (TPSA) is 108 Å². The number of rotatable bonds is 12. The van der Waals surface area contributed by atoms with Crippen molar-refractivity contribution in [2.24, 2.45) is 4.99 Å². The fourth-order valence-electron chi connectivity index (χ4n) is 9.24. The molecular formula is C50H60F6N6O4. The Morgan fingerprint density at radius 2 is 1.27 bits per heavy atom. The van der Waals surface area contributed by atoms with Crippen LogP contribution in [0.25, 0.3) is 0 Å². The van der Waals surface area contributed by atoms with Crippen LogP contribution in [0.1, 0.15) is 96.2 Å². The Hall–Kier alpha value is -5.16. The Bertz CT molecular complexity index is 2260. The normalized spacial score (nSPS) is 24.4. The molecule has 0 spiro atoms. The van der Waals surface area contributed by atoms with E-state index in [2.05, 4.69) is 38.4 Å². The number of benzene rings is 4. The molecule has 4 aliphatic rings. The number of hydrogen-bond acceptors (Lipinski definition) is 8. The molecule has 0 bridgehead atoms. The smallest absolute Gasteiger partial charge is 0.416 e. The first-order valence-electron chi connectivity index (χ1n) is 22.6. The number of aliphatic imine (C=N–C) groups is 1. The van der Waals surface area contributed by atoms with Crippen LogP contribution in [0.2, 0.25) is 0 Å². The zero-order valence-corrected chi connectivity index (χ0v) is 37.8. The van der Waals surface area contributed by atoms with Gasteiger partial charge in [-0.1, -0.05) is 83.9 Å². The predicted octanol–water partition coefficient (Wildman–Crippen LogP) is 9.48. The van der Waals surface area contributed by atoms with Crippen molar-refractivity contribution >= 4 is 12.1 Å². The SMILES string of the molecule is Cc1cc([C@@H](C)OC[C@@]2(c3ccccc3)CC[C@H](N3CCNC3=O)CN2)cc(C(F)(F)F)c1.Cc1cc([C@@H](C)OC[C@@]2(c3ccccc3)CC[C@H](NC3=NCCO3)CN2)cc(C(F)(F)F)c1. The molecule has 0 aliphatic carbocycles. The van der Waals surface area contributed by atoms with Gasteiger partial charge in [-0.15, -0.1) is 0 Å². The van der Waals surface area contributed by atoms with Gasteiger partial charge >= 0.3 is 18.4 Å². The molecule has 0 saturated carbocycles. The second kappa shape index (κ2) is 20.8. The van der Waals surface area contributed by atoms with Crippen molar-refractivity contribution in [1.29, 1.82) is 0 Å². The molecule has 4 heterocycles. The van der Waals surface area contributed by atoms with Gasteiger partial charge in [-0.2, -0.15) is 26.3 Å². The minimum Gasteiger partial charge on any atom is -0.463 e. The lowest BCUT2D eigenvalue weighted by Crippen LogP contribution is -2.57. The van der Waals surface area contributed by atoms with Crippen LogP contribution in [0.4, 0.5) is 31.1 Å². The van der Waals surface area contributed by atoms with Crippen molar-refractivity contribution in [2.75, 3.05) is 52.5 Å². The summed E-state index contributed by atoms with van der Waals surface area (Å²) in [4.78, 5) is 18.3. The Morgan fingerprint density at radius 1 is 0.758 bits per heavy atom. The molecule has 66 heavy (non-hydrogen) atoms. The Morgan fingerprint density at radius 3 is 1.68 bits per heavy atom. The van der Waals surface area contributed by atoms with E-state index in [1.165, 1.54) is 12.1 Å². The van der Waals surface area contributed by atoms with Gasteiger partial charge in [0.2, 0.25) is 0 Å². The van der Waals surface area contributed by atoms with Gasteiger partial charge in [0.05, 0.1) is 54.2 Å². The minimum atomic E-state index is -4.40. The average Bonchev–Trinajstić information content (AvgIpc) is 3.99. The number of carbonyl (C=O) groups excluding carboxylic acids is 1. The number of nitrogens with zero attached hydrogens (tertiary/aromatic N) is 2. The van der Waals surface area contributed by atoms with Crippen molar-refractivity contribution in [3.63, 3.8) is 0 Å². The van der Waals surface area contributed by atoms with Crippen LogP contribution in [0, 0.1) is 13.8 Å². The van der Waals surface area contributed by atoms with E-state index in [0.29, 0.717) is 80.8 Å². The van der Waals surface area contributed by atoms with Crippen LogP contribution in [0.3, 0.4) is 0 Å². The summed E-state index contributed by atoms with van der Waals surface area (Å²) in [5.74, 6) is 0. The van der Waals surface area contributed by atoms with Gasteiger partial charge in [-0.25, -0.2) is 9.79 Å². The second-order valence-corrected chi connectivity index (χ2v) is 17.9. The molecule has 2 amide bonds. The van der Waals surface area contributed by atoms with Gasteiger partial charge in [0.1, 0.15) is 6.61 Å². The lowest BCUT2D eigenvalue weighted by atomic mass is 9.81. The molecule has 10 nitrogen and oxygen atoms in total. The van der Waals surface area contributed by atoms with Crippen LogP contribution in [-0.4, -0.2) is 81.6 Å².